The van der Waals surface area contributed by atoms with Gasteiger partial charge in [-0.3, -0.25) is 9.88 Å². The Bertz CT molecular complexity index is 1570. The number of aromatic nitrogens is 2. The molecular weight excluding hydrogens is 517 g/mol. The number of hydrogen-bond donors (Lipinski definition) is 2. The summed E-state index contributed by atoms with van der Waals surface area (Å²) in [6.07, 6.45) is 4.28. The molecule has 5 rings (SSSR count). The number of H-pyrrole nitrogens is 1. The zero-order valence-electron chi connectivity index (χ0n) is 21.9. The summed E-state index contributed by atoms with van der Waals surface area (Å²) in [5.41, 5.74) is 5.40. The van der Waals surface area contributed by atoms with Gasteiger partial charge in [0.15, 0.2) is 0 Å². The Hall–Kier alpha value is -2.86. The van der Waals surface area contributed by atoms with Crippen molar-refractivity contribution in [1.82, 2.24) is 14.9 Å². The van der Waals surface area contributed by atoms with E-state index in [0.29, 0.717) is 11.6 Å². The van der Waals surface area contributed by atoms with Gasteiger partial charge in [-0.15, -0.1) is 0 Å². The molecule has 2 atom stereocenters. The maximum atomic E-state index is 14.1. The molecule has 38 heavy (non-hydrogen) atoms. The van der Waals surface area contributed by atoms with Gasteiger partial charge in [-0.1, -0.05) is 60.1 Å². The van der Waals surface area contributed by atoms with Crippen molar-refractivity contribution in [1.29, 1.82) is 0 Å². The van der Waals surface area contributed by atoms with Crippen LogP contribution in [0.4, 0.5) is 0 Å². The number of nitrogens with one attached hydrogen (secondary N) is 2. The van der Waals surface area contributed by atoms with Crippen LogP contribution in [0.25, 0.3) is 21.8 Å². The number of aromatic amines is 1. The van der Waals surface area contributed by atoms with Gasteiger partial charge >= 0.3 is 7.60 Å². The summed E-state index contributed by atoms with van der Waals surface area (Å²) in [5.74, 6) is -0.703. The molecule has 0 bridgehead atoms. The van der Waals surface area contributed by atoms with Crippen molar-refractivity contribution < 1.29 is 13.6 Å². The van der Waals surface area contributed by atoms with Crippen molar-refractivity contribution in [3.63, 3.8) is 0 Å². The summed E-state index contributed by atoms with van der Waals surface area (Å²) in [6.45, 7) is 4.72. The highest BCUT2D eigenvalue weighted by molar-refractivity contribution is 7.54. The van der Waals surface area contributed by atoms with Gasteiger partial charge in [-0.2, -0.15) is 0 Å². The van der Waals surface area contributed by atoms with E-state index in [9.17, 15) is 4.57 Å². The Kier molecular flexibility index (Phi) is 8.08. The zero-order valence-corrected chi connectivity index (χ0v) is 23.5. The van der Waals surface area contributed by atoms with Crippen LogP contribution >= 0.6 is 19.2 Å². The number of benzene rings is 3. The Labute approximate surface area is 228 Å². The van der Waals surface area contributed by atoms with Crippen LogP contribution in [0.3, 0.4) is 0 Å². The molecule has 0 saturated heterocycles. The van der Waals surface area contributed by atoms with Crippen molar-refractivity contribution in [2.24, 2.45) is 7.05 Å². The first kappa shape index (κ1) is 26.7. The van der Waals surface area contributed by atoms with Gasteiger partial charge in [0.1, 0.15) is 5.78 Å². The molecule has 6 nitrogen and oxygen atoms in total. The number of nitrogens with zero attached hydrogens (tertiary/aromatic N) is 1. The minimum Gasteiger partial charge on any atom is -0.361 e. The monoisotopic (exact) mass is 549 g/mol. The summed E-state index contributed by atoms with van der Waals surface area (Å²) in [6, 6.07) is 24.1. The average molecular weight is 550 g/mol. The van der Waals surface area contributed by atoms with Gasteiger partial charge in [0.2, 0.25) is 0 Å². The maximum absolute atomic E-state index is 14.1. The van der Waals surface area contributed by atoms with E-state index in [1.54, 1.807) is 12.1 Å². The lowest BCUT2D eigenvalue weighted by molar-refractivity contribution is 0.207. The molecule has 198 valence electrons. The van der Waals surface area contributed by atoms with Crippen LogP contribution in [-0.2, 0) is 20.7 Å². The van der Waals surface area contributed by atoms with Crippen molar-refractivity contribution in [3.05, 3.63) is 107 Å². The third-order valence-electron chi connectivity index (χ3n) is 6.94. The van der Waals surface area contributed by atoms with Crippen LogP contribution in [0.2, 0.25) is 5.02 Å². The van der Waals surface area contributed by atoms with Gasteiger partial charge in [0, 0.05) is 58.7 Å². The molecule has 0 amide bonds. The molecule has 8 heteroatoms. The SMILES string of the molecule is CCOP(=O)(OCC)C(NCC(c1c[nH]c2ccccc12)c1cn(C)c2ccccc12)c1ccc(Cl)cc1. The molecular formula is C30H33ClN3O3P. The van der Waals surface area contributed by atoms with E-state index in [1.807, 2.05) is 32.0 Å². The molecule has 0 radical (unpaired) electrons. The van der Waals surface area contributed by atoms with E-state index in [2.05, 4.69) is 76.8 Å². The fourth-order valence-electron chi connectivity index (χ4n) is 5.25. The number of aryl methyl sites for hydroxylation is 1. The zero-order chi connectivity index (χ0) is 26.7. The molecule has 0 fully saturated rings. The molecule has 5 aromatic rings. The number of para-hydroxylation sites is 2. The van der Waals surface area contributed by atoms with Crippen LogP contribution in [0.1, 0.15) is 42.2 Å². The number of hydrogen-bond acceptors (Lipinski definition) is 4. The molecule has 2 unspecified atom stereocenters. The predicted octanol–water partition coefficient (Wildman–Crippen LogP) is 8.00. The Morgan fingerprint density at radius 1 is 0.921 bits per heavy atom. The Morgan fingerprint density at radius 3 is 2.29 bits per heavy atom. The highest BCUT2D eigenvalue weighted by atomic mass is 35.5. The van der Waals surface area contributed by atoms with Crippen molar-refractivity contribution in [2.45, 2.75) is 25.5 Å². The van der Waals surface area contributed by atoms with Crippen molar-refractivity contribution >= 4 is 41.0 Å². The predicted molar refractivity (Wildman–Crippen MR) is 156 cm³/mol. The molecule has 2 N–H and O–H groups in total. The van der Waals surface area contributed by atoms with Crippen LogP contribution in [0.15, 0.2) is 85.2 Å². The number of rotatable bonds is 11. The normalized spacial score (nSPS) is 13.8. The molecule has 2 aromatic heterocycles. The topological polar surface area (TPSA) is 68.3 Å². The summed E-state index contributed by atoms with van der Waals surface area (Å²) < 4.78 is 27.9. The fraction of sp³-hybridized carbons (Fsp3) is 0.267. The van der Waals surface area contributed by atoms with Crippen LogP contribution in [0.5, 0.6) is 0 Å². The third kappa shape index (κ3) is 5.20. The van der Waals surface area contributed by atoms with E-state index < -0.39 is 13.4 Å². The van der Waals surface area contributed by atoms with Crippen LogP contribution in [0, 0.1) is 0 Å². The molecule has 2 heterocycles. The van der Waals surface area contributed by atoms with Gasteiger partial charge in [-0.25, -0.2) is 0 Å². The average Bonchev–Trinajstić information content (AvgIpc) is 3.49. The number of fused-ring (bicyclic) bond motifs is 2. The van der Waals surface area contributed by atoms with E-state index in [4.69, 9.17) is 20.6 Å². The Morgan fingerprint density at radius 2 is 1.58 bits per heavy atom. The quantitative estimate of drug-likeness (QED) is 0.164. The highest BCUT2D eigenvalue weighted by Crippen LogP contribution is 2.59. The second kappa shape index (κ2) is 11.5. The summed E-state index contributed by atoms with van der Waals surface area (Å²) in [4.78, 5) is 3.44. The first-order chi connectivity index (χ1) is 18.4. The summed E-state index contributed by atoms with van der Waals surface area (Å²) in [7, 11) is -1.48. The first-order valence-electron chi connectivity index (χ1n) is 12.9. The van der Waals surface area contributed by atoms with Crippen molar-refractivity contribution in [3.8, 4) is 0 Å². The van der Waals surface area contributed by atoms with E-state index >= 15 is 0 Å². The van der Waals surface area contributed by atoms with Crippen LogP contribution < -0.4 is 5.32 Å². The third-order valence-corrected chi connectivity index (χ3v) is 9.54. The molecule has 0 aliphatic rings. The lowest BCUT2D eigenvalue weighted by Gasteiger charge is -2.29. The lowest BCUT2D eigenvalue weighted by Crippen LogP contribution is -2.28. The Balaban J connectivity index is 1.61. The maximum Gasteiger partial charge on any atom is 0.351 e. The smallest absolute Gasteiger partial charge is 0.351 e. The van der Waals surface area contributed by atoms with Gasteiger partial charge in [0.05, 0.1) is 13.2 Å². The minimum absolute atomic E-state index is 0.0382. The van der Waals surface area contributed by atoms with E-state index in [0.717, 1.165) is 22.0 Å². The number of halogens is 1. The van der Waals surface area contributed by atoms with Gasteiger partial charge in [0.25, 0.3) is 0 Å². The highest BCUT2D eigenvalue weighted by Gasteiger charge is 2.37. The first-order valence-corrected chi connectivity index (χ1v) is 14.9. The standard InChI is InChI=1S/C30H33ClN3O3P/c1-4-36-38(35,37-5-2)30(21-14-16-22(31)17-15-21)33-19-26(25-18-32-28-12-8-6-10-23(25)28)27-20-34(3)29-13-9-7-11-24(27)29/h6-18,20,26,30,32-33H,4-5,19H2,1-3H3. The van der Waals surface area contributed by atoms with E-state index in [1.165, 1.54) is 16.5 Å². The second-order valence-electron chi connectivity index (χ2n) is 9.29. The molecule has 0 aliphatic heterocycles. The van der Waals surface area contributed by atoms with E-state index in [-0.39, 0.29) is 19.1 Å². The fourth-order valence-corrected chi connectivity index (χ4v) is 7.34. The minimum atomic E-state index is -3.55. The van der Waals surface area contributed by atoms with Crippen LogP contribution in [-0.4, -0.2) is 29.3 Å². The molecule has 0 aliphatic carbocycles. The lowest BCUT2D eigenvalue weighted by atomic mass is 9.90. The van der Waals surface area contributed by atoms with Crippen molar-refractivity contribution in [2.75, 3.05) is 19.8 Å². The largest absolute Gasteiger partial charge is 0.361 e. The molecule has 0 saturated carbocycles. The molecule has 0 spiro atoms. The molecule has 3 aromatic carbocycles. The van der Waals surface area contributed by atoms with Gasteiger partial charge in [-0.05, 0) is 54.8 Å². The van der Waals surface area contributed by atoms with Gasteiger partial charge < -0.3 is 18.6 Å². The second-order valence-corrected chi connectivity index (χ2v) is 11.8. The summed E-state index contributed by atoms with van der Waals surface area (Å²) in [5, 5.41) is 6.57. The summed E-state index contributed by atoms with van der Waals surface area (Å²) >= 11 is 6.18.